The molecule has 4 N–H and O–H groups in total. The van der Waals surface area contributed by atoms with Gasteiger partial charge in [-0.2, -0.15) is 0 Å². The molecule has 3 heterocycles. The topological polar surface area (TPSA) is 196 Å². The summed E-state index contributed by atoms with van der Waals surface area (Å²) >= 11 is 1.15. The number of thioether (sulfide) groups is 1. The zero-order chi connectivity index (χ0) is 26.0. The van der Waals surface area contributed by atoms with Crippen LogP contribution in [0.4, 0.5) is 0 Å². The van der Waals surface area contributed by atoms with E-state index >= 15 is 0 Å². The summed E-state index contributed by atoms with van der Waals surface area (Å²) in [5.41, 5.74) is -2.16. The van der Waals surface area contributed by atoms with Gasteiger partial charge in [0.15, 0.2) is 5.76 Å². The van der Waals surface area contributed by atoms with E-state index in [0.29, 0.717) is 12.8 Å². The molecule has 2 atom stereocenters. The monoisotopic (exact) mass is 519 g/mol. The molecule has 1 aromatic heterocycles. The van der Waals surface area contributed by atoms with Crippen LogP contribution in [0.2, 0.25) is 0 Å². The number of nitrogens with zero attached hydrogens (tertiary/aromatic N) is 2. The minimum Gasteiger partial charge on any atom is -0.478 e. The molecular weight excluding hydrogens is 498 g/mol. The summed E-state index contributed by atoms with van der Waals surface area (Å²) in [5.74, 6) is -5.39. The van der Waals surface area contributed by atoms with Crippen molar-refractivity contribution in [3.63, 3.8) is 0 Å². The Morgan fingerprint density at radius 3 is 2.53 bits per heavy atom. The van der Waals surface area contributed by atoms with Crippen molar-refractivity contribution in [2.75, 3.05) is 5.75 Å². The van der Waals surface area contributed by atoms with Crippen molar-refractivity contribution in [2.45, 2.75) is 42.7 Å². The zero-order valence-corrected chi connectivity index (χ0v) is 19.4. The first-order valence-corrected chi connectivity index (χ1v) is 11.9. The van der Waals surface area contributed by atoms with Crippen LogP contribution < -0.4 is 5.32 Å². The van der Waals surface area contributed by atoms with E-state index in [-0.39, 0.29) is 41.3 Å². The minimum absolute atomic E-state index is 0.0156. The van der Waals surface area contributed by atoms with Gasteiger partial charge in [0.05, 0.1) is 6.26 Å². The highest BCUT2D eigenvalue weighted by Crippen LogP contribution is 2.40. The molecule has 0 radical (unpaired) electrons. The van der Waals surface area contributed by atoms with Gasteiger partial charge in [-0.1, -0.05) is 5.16 Å². The molecule has 2 amide bonds. The largest absolute Gasteiger partial charge is 0.478 e. The van der Waals surface area contributed by atoms with Crippen molar-refractivity contribution in [1.82, 2.24) is 10.2 Å². The van der Waals surface area contributed by atoms with Gasteiger partial charge >= 0.3 is 17.9 Å². The lowest BCUT2D eigenvalue weighted by molar-refractivity contribution is -0.165. The van der Waals surface area contributed by atoms with Crippen LogP contribution in [0.1, 0.15) is 31.4 Å². The summed E-state index contributed by atoms with van der Waals surface area (Å²) in [6.45, 7) is 0. The fourth-order valence-corrected chi connectivity index (χ4v) is 5.51. The summed E-state index contributed by atoms with van der Waals surface area (Å²) < 4.78 is 5.24. The molecule has 1 saturated carbocycles. The molecule has 14 heteroatoms. The Kier molecular flexibility index (Phi) is 6.88. The van der Waals surface area contributed by atoms with Crippen molar-refractivity contribution < 1.29 is 48.5 Å². The fraction of sp³-hybridized carbons (Fsp3) is 0.364. The van der Waals surface area contributed by atoms with Crippen LogP contribution in [0.25, 0.3) is 0 Å². The first kappa shape index (κ1) is 25.0. The smallest absolute Gasteiger partial charge is 0.352 e. The van der Waals surface area contributed by atoms with Gasteiger partial charge in [0.1, 0.15) is 17.1 Å². The minimum atomic E-state index is -1.57. The number of amides is 2. The molecule has 4 rings (SSSR count). The molecule has 0 unspecified atom stereocenters. The number of allylic oxidation sites excluding steroid dienone is 1. The second-order valence-corrected chi connectivity index (χ2v) is 9.33. The van der Waals surface area contributed by atoms with Crippen LogP contribution in [0, 0.1) is 0 Å². The van der Waals surface area contributed by atoms with Crippen molar-refractivity contribution in [3.05, 3.63) is 47.6 Å². The maximum atomic E-state index is 13.1. The van der Waals surface area contributed by atoms with Crippen molar-refractivity contribution in [3.8, 4) is 0 Å². The first-order valence-electron chi connectivity index (χ1n) is 10.8. The number of carboxylic acids is 3. The van der Waals surface area contributed by atoms with Crippen LogP contribution in [0.3, 0.4) is 0 Å². The second kappa shape index (κ2) is 9.89. The van der Waals surface area contributed by atoms with Crippen molar-refractivity contribution in [2.24, 2.45) is 5.16 Å². The van der Waals surface area contributed by atoms with E-state index < -0.39 is 46.7 Å². The highest BCUT2D eigenvalue weighted by molar-refractivity contribution is 8.00. The average Bonchev–Trinajstić information content (AvgIpc) is 3.54. The van der Waals surface area contributed by atoms with E-state index in [4.69, 9.17) is 14.4 Å². The molecule has 3 aliphatic rings. The van der Waals surface area contributed by atoms with Crippen LogP contribution in [0.15, 0.2) is 51.4 Å². The summed E-state index contributed by atoms with van der Waals surface area (Å²) in [6.07, 6.45) is 4.87. The van der Waals surface area contributed by atoms with Crippen LogP contribution >= 0.6 is 11.8 Å². The van der Waals surface area contributed by atoms with E-state index in [0.717, 1.165) is 28.8 Å². The highest BCUT2D eigenvalue weighted by Gasteiger charge is 2.54. The molecule has 0 spiro atoms. The van der Waals surface area contributed by atoms with Crippen LogP contribution in [-0.2, 0) is 28.8 Å². The number of hydrogen-bond acceptors (Lipinski definition) is 9. The molecule has 0 bridgehead atoms. The number of carboxylic acid groups (broad SMARTS) is 3. The molecule has 2 aliphatic heterocycles. The predicted molar refractivity (Wildman–Crippen MR) is 122 cm³/mol. The van der Waals surface area contributed by atoms with E-state index in [9.17, 15) is 34.2 Å². The van der Waals surface area contributed by atoms with E-state index in [1.165, 1.54) is 18.4 Å². The van der Waals surface area contributed by atoms with Crippen molar-refractivity contribution in [1.29, 1.82) is 0 Å². The molecule has 0 aromatic carbocycles. The van der Waals surface area contributed by atoms with Gasteiger partial charge in [0, 0.05) is 24.7 Å². The van der Waals surface area contributed by atoms with Crippen LogP contribution in [-0.4, -0.2) is 78.4 Å². The molecule has 190 valence electrons. The Morgan fingerprint density at radius 2 is 1.94 bits per heavy atom. The third-order valence-corrected chi connectivity index (χ3v) is 7.30. The zero-order valence-electron chi connectivity index (χ0n) is 18.6. The van der Waals surface area contributed by atoms with Gasteiger partial charge in [0.25, 0.3) is 11.8 Å². The summed E-state index contributed by atoms with van der Waals surface area (Å²) in [7, 11) is 0. The molecular formula is C22H21N3O10S. The molecule has 1 aromatic rings. The van der Waals surface area contributed by atoms with Crippen molar-refractivity contribution >= 4 is 47.2 Å². The van der Waals surface area contributed by atoms with Crippen LogP contribution in [0.5, 0.6) is 0 Å². The SMILES string of the molecule is O=C(O)/C=C/C1=C(C(=O)O)N2C(=O)[C@@H](NC(=O)C(=NOC3(C(=O)O)CCCC3)c3ccco3)[C@H]2SC1. The van der Waals surface area contributed by atoms with Gasteiger partial charge in [-0.05, 0) is 36.6 Å². The number of rotatable bonds is 9. The normalized spacial score (nSPS) is 23.3. The van der Waals surface area contributed by atoms with E-state index in [2.05, 4.69) is 10.5 Å². The quantitative estimate of drug-likeness (QED) is 0.156. The number of β-lactam (4-membered cyclic amide) rings is 1. The Morgan fingerprint density at radius 1 is 1.22 bits per heavy atom. The maximum absolute atomic E-state index is 13.1. The maximum Gasteiger partial charge on any atom is 0.352 e. The van der Waals surface area contributed by atoms with Gasteiger partial charge in [-0.3, -0.25) is 14.5 Å². The molecule has 1 saturated heterocycles. The van der Waals surface area contributed by atoms with Gasteiger partial charge in [-0.15, -0.1) is 11.8 Å². The molecule has 2 fully saturated rings. The highest BCUT2D eigenvalue weighted by atomic mass is 32.2. The standard InChI is InChI=1S/C22H21N3O10S/c26-13(27)6-5-11-10-36-19-15(18(29)25(19)16(11)20(30)31)23-17(28)14(12-4-3-9-34-12)24-35-22(21(32)33)7-1-2-8-22/h3-6,9,15,19H,1-2,7-8,10H2,(H,23,28)(H,26,27)(H,30,31)(H,32,33)/b6-5+,24-14?/t15-,19-/m1/s1. The number of hydrogen-bond donors (Lipinski definition) is 4. The lowest BCUT2D eigenvalue weighted by atomic mass is 10.0. The number of carbonyl (C=O) groups excluding carboxylic acids is 2. The summed E-state index contributed by atoms with van der Waals surface area (Å²) in [6, 6.07) is 1.80. The third kappa shape index (κ3) is 4.58. The number of furan rings is 1. The number of carbonyl (C=O) groups is 5. The first-order chi connectivity index (χ1) is 17.1. The molecule has 1 aliphatic carbocycles. The second-order valence-electron chi connectivity index (χ2n) is 8.23. The average molecular weight is 519 g/mol. The lowest BCUT2D eigenvalue weighted by Crippen LogP contribution is -2.71. The lowest BCUT2D eigenvalue weighted by Gasteiger charge is -2.49. The van der Waals surface area contributed by atoms with E-state index in [1.54, 1.807) is 0 Å². The number of oxime groups is 1. The van der Waals surface area contributed by atoms with E-state index in [1.807, 2.05) is 0 Å². The Hall–Kier alpha value is -4.07. The Balaban J connectivity index is 1.55. The number of aliphatic carboxylic acids is 3. The van der Waals surface area contributed by atoms with Gasteiger partial charge in [0.2, 0.25) is 11.3 Å². The summed E-state index contributed by atoms with van der Waals surface area (Å²) in [5, 5.41) is 33.6. The third-order valence-electron chi connectivity index (χ3n) is 6.00. The Labute approximate surface area is 207 Å². The van der Waals surface area contributed by atoms with Gasteiger partial charge < -0.3 is 29.9 Å². The van der Waals surface area contributed by atoms with Gasteiger partial charge in [-0.25, -0.2) is 14.4 Å². The predicted octanol–water partition coefficient (Wildman–Crippen LogP) is 0.777. The summed E-state index contributed by atoms with van der Waals surface area (Å²) in [4.78, 5) is 66.7. The Bertz CT molecular complexity index is 1200. The molecule has 36 heavy (non-hydrogen) atoms. The number of nitrogens with one attached hydrogen (secondary N) is 1. The number of fused-ring (bicyclic) bond motifs is 1. The molecule has 13 nitrogen and oxygen atoms in total. The fourth-order valence-electron chi connectivity index (χ4n) is 4.19.